The lowest BCUT2D eigenvalue weighted by Gasteiger charge is -2.42. The first kappa shape index (κ1) is 14.5. The van der Waals surface area contributed by atoms with Gasteiger partial charge in [-0.25, -0.2) is 0 Å². The molecule has 3 rings (SSSR count). The minimum atomic E-state index is -0.139. The van der Waals surface area contributed by atoms with Crippen LogP contribution >= 0.6 is 0 Å². The number of carbonyl (C=O) groups excluding carboxylic acids is 1. The van der Waals surface area contributed by atoms with Gasteiger partial charge in [-0.05, 0) is 56.4 Å². The Hall–Kier alpha value is -1.39. The van der Waals surface area contributed by atoms with E-state index in [1.807, 2.05) is 25.1 Å². The molecule has 0 aromatic heterocycles. The molecule has 0 radical (unpaired) electrons. The van der Waals surface area contributed by atoms with Crippen LogP contribution in [0.25, 0.3) is 0 Å². The fourth-order valence-electron chi connectivity index (χ4n) is 3.41. The van der Waals surface area contributed by atoms with Crippen LogP contribution in [0, 0.1) is 12.8 Å². The number of ether oxygens (including phenoxy) is 2. The predicted molar refractivity (Wildman–Crippen MR) is 81.4 cm³/mol. The smallest absolute Gasteiger partial charge is 0.166 e. The highest BCUT2D eigenvalue weighted by atomic mass is 16.5. The van der Waals surface area contributed by atoms with Crippen molar-refractivity contribution in [2.24, 2.45) is 5.92 Å². The number of nitrogens with two attached hydrogens (primary N) is 1. The molecule has 2 heterocycles. The summed E-state index contributed by atoms with van der Waals surface area (Å²) in [5, 5.41) is 0. The summed E-state index contributed by atoms with van der Waals surface area (Å²) in [7, 11) is 0. The van der Waals surface area contributed by atoms with E-state index in [0.29, 0.717) is 6.61 Å². The van der Waals surface area contributed by atoms with Gasteiger partial charge in [-0.15, -0.1) is 0 Å². The van der Waals surface area contributed by atoms with Crippen molar-refractivity contribution >= 4 is 11.5 Å². The molecule has 1 aromatic carbocycles. The molecule has 2 saturated heterocycles. The largest absolute Gasteiger partial charge is 0.399 e. The molecule has 2 aliphatic heterocycles. The maximum absolute atomic E-state index is 12.8. The number of hydrogen-bond donors (Lipinski definition) is 1. The fraction of sp³-hybridized carbons (Fsp3) is 0.588. The Kier molecular flexibility index (Phi) is 4.00. The summed E-state index contributed by atoms with van der Waals surface area (Å²) in [4.78, 5) is 12.8. The number of hydrogen-bond acceptors (Lipinski definition) is 4. The van der Waals surface area contributed by atoms with Crippen molar-refractivity contribution in [3.63, 3.8) is 0 Å². The van der Waals surface area contributed by atoms with E-state index in [2.05, 4.69) is 0 Å². The van der Waals surface area contributed by atoms with E-state index in [0.717, 1.165) is 55.7 Å². The SMILES string of the molecule is Cc1cc(C(=O)C2CCOC3(CCOCC3)C2)ccc1N. The van der Waals surface area contributed by atoms with Crippen molar-refractivity contribution in [1.29, 1.82) is 0 Å². The number of anilines is 1. The average molecular weight is 289 g/mol. The van der Waals surface area contributed by atoms with E-state index in [9.17, 15) is 4.79 Å². The number of aryl methyl sites for hydroxylation is 1. The Labute approximate surface area is 125 Å². The zero-order valence-electron chi connectivity index (χ0n) is 12.6. The predicted octanol–water partition coefficient (Wildman–Crippen LogP) is 2.74. The maximum atomic E-state index is 12.8. The van der Waals surface area contributed by atoms with E-state index < -0.39 is 0 Å². The lowest BCUT2D eigenvalue weighted by atomic mass is 9.78. The van der Waals surface area contributed by atoms with Gasteiger partial charge in [0.1, 0.15) is 0 Å². The number of nitrogen functional groups attached to an aromatic ring is 1. The van der Waals surface area contributed by atoms with Crippen molar-refractivity contribution in [3.05, 3.63) is 29.3 Å². The van der Waals surface area contributed by atoms with Gasteiger partial charge in [0.2, 0.25) is 0 Å². The molecule has 21 heavy (non-hydrogen) atoms. The van der Waals surface area contributed by atoms with Gasteiger partial charge < -0.3 is 15.2 Å². The number of Topliss-reactive ketones (excluding diaryl/α,β-unsaturated/α-hetero) is 1. The van der Waals surface area contributed by atoms with E-state index in [1.54, 1.807) is 0 Å². The van der Waals surface area contributed by atoms with Gasteiger partial charge in [0.15, 0.2) is 5.78 Å². The third kappa shape index (κ3) is 2.97. The lowest BCUT2D eigenvalue weighted by molar-refractivity contribution is -0.142. The van der Waals surface area contributed by atoms with Crippen LogP contribution in [0.2, 0.25) is 0 Å². The lowest BCUT2D eigenvalue weighted by Crippen LogP contribution is -2.45. The minimum absolute atomic E-state index is 0.0554. The summed E-state index contributed by atoms with van der Waals surface area (Å²) in [6.45, 7) is 4.09. The second kappa shape index (κ2) is 5.78. The van der Waals surface area contributed by atoms with Crippen LogP contribution in [0.5, 0.6) is 0 Å². The van der Waals surface area contributed by atoms with E-state index in [1.165, 1.54) is 0 Å². The first-order chi connectivity index (χ1) is 10.1. The van der Waals surface area contributed by atoms with Crippen molar-refractivity contribution < 1.29 is 14.3 Å². The Balaban J connectivity index is 1.76. The molecule has 0 amide bonds. The highest BCUT2D eigenvalue weighted by molar-refractivity contribution is 5.98. The van der Waals surface area contributed by atoms with Gasteiger partial charge in [-0.3, -0.25) is 4.79 Å². The Morgan fingerprint density at radius 1 is 1.29 bits per heavy atom. The number of benzene rings is 1. The highest BCUT2D eigenvalue weighted by Gasteiger charge is 2.41. The third-order valence-corrected chi connectivity index (χ3v) is 4.82. The monoisotopic (exact) mass is 289 g/mol. The van der Waals surface area contributed by atoms with Gasteiger partial charge in [-0.2, -0.15) is 0 Å². The summed E-state index contributed by atoms with van der Waals surface area (Å²) < 4.78 is 11.4. The van der Waals surface area contributed by atoms with Crippen molar-refractivity contribution in [3.8, 4) is 0 Å². The Bertz CT molecular complexity index is 529. The minimum Gasteiger partial charge on any atom is -0.399 e. The Morgan fingerprint density at radius 3 is 2.76 bits per heavy atom. The molecular weight excluding hydrogens is 266 g/mol. The number of rotatable bonds is 2. The van der Waals surface area contributed by atoms with E-state index in [-0.39, 0.29) is 17.3 Å². The quantitative estimate of drug-likeness (QED) is 0.671. The van der Waals surface area contributed by atoms with Crippen molar-refractivity contribution in [2.75, 3.05) is 25.6 Å². The van der Waals surface area contributed by atoms with Crippen LogP contribution in [0.4, 0.5) is 5.69 Å². The van der Waals surface area contributed by atoms with Crippen LogP contribution < -0.4 is 5.73 Å². The molecule has 1 spiro atoms. The summed E-state index contributed by atoms with van der Waals surface area (Å²) in [6, 6.07) is 5.58. The first-order valence-corrected chi connectivity index (χ1v) is 7.72. The molecule has 2 aliphatic rings. The topological polar surface area (TPSA) is 61.5 Å². The highest BCUT2D eigenvalue weighted by Crippen LogP contribution is 2.38. The summed E-state index contributed by atoms with van der Waals surface area (Å²) in [5.41, 5.74) is 8.17. The summed E-state index contributed by atoms with van der Waals surface area (Å²) >= 11 is 0. The van der Waals surface area contributed by atoms with Gasteiger partial charge in [0.05, 0.1) is 5.60 Å². The average Bonchev–Trinajstić information content (AvgIpc) is 2.50. The molecule has 4 nitrogen and oxygen atoms in total. The molecule has 2 fully saturated rings. The standard InChI is InChI=1S/C17H23NO3/c1-12-10-13(2-3-15(12)18)16(19)14-4-7-21-17(11-14)5-8-20-9-6-17/h2-3,10,14H,4-9,11,18H2,1H3. The molecule has 0 bridgehead atoms. The number of carbonyl (C=O) groups is 1. The van der Waals surface area contributed by atoms with E-state index >= 15 is 0 Å². The van der Waals surface area contributed by atoms with Gasteiger partial charge in [-0.1, -0.05) is 0 Å². The number of ketones is 1. The zero-order valence-corrected chi connectivity index (χ0v) is 12.6. The van der Waals surface area contributed by atoms with E-state index in [4.69, 9.17) is 15.2 Å². The van der Waals surface area contributed by atoms with Crippen LogP contribution in [0.15, 0.2) is 18.2 Å². The molecule has 114 valence electrons. The fourth-order valence-corrected chi connectivity index (χ4v) is 3.41. The summed E-state index contributed by atoms with van der Waals surface area (Å²) in [6.07, 6.45) is 3.43. The van der Waals surface area contributed by atoms with Crippen LogP contribution in [-0.2, 0) is 9.47 Å². The van der Waals surface area contributed by atoms with Gasteiger partial charge in [0.25, 0.3) is 0 Å². The van der Waals surface area contributed by atoms with Crippen molar-refractivity contribution in [2.45, 2.75) is 38.2 Å². The molecule has 0 saturated carbocycles. The maximum Gasteiger partial charge on any atom is 0.166 e. The van der Waals surface area contributed by atoms with Gasteiger partial charge in [0, 0.05) is 37.0 Å². The molecule has 1 aromatic rings. The molecule has 2 N–H and O–H groups in total. The normalized spacial score (nSPS) is 24.9. The third-order valence-electron chi connectivity index (χ3n) is 4.82. The summed E-state index contributed by atoms with van der Waals surface area (Å²) in [5.74, 6) is 0.284. The van der Waals surface area contributed by atoms with Crippen LogP contribution in [-0.4, -0.2) is 31.2 Å². The molecular formula is C17H23NO3. The molecule has 0 aliphatic carbocycles. The Morgan fingerprint density at radius 2 is 2.05 bits per heavy atom. The molecule has 1 unspecified atom stereocenters. The van der Waals surface area contributed by atoms with Gasteiger partial charge >= 0.3 is 0 Å². The molecule has 1 atom stereocenters. The van der Waals surface area contributed by atoms with Crippen LogP contribution in [0.3, 0.4) is 0 Å². The van der Waals surface area contributed by atoms with Crippen molar-refractivity contribution in [1.82, 2.24) is 0 Å². The second-order valence-electron chi connectivity index (χ2n) is 6.27. The zero-order chi connectivity index (χ0) is 14.9. The van der Waals surface area contributed by atoms with Crippen LogP contribution in [0.1, 0.15) is 41.6 Å². The first-order valence-electron chi connectivity index (χ1n) is 7.72. The second-order valence-corrected chi connectivity index (χ2v) is 6.27. The molecule has 4 heteroatoms.